The minimum Gasteiger partial charge on any atom is -0.330 e. The lowest BCUT2D eigenvalue weighted by Gasteiger charge is -2.01. The van der Waals surface area contributed by atoms with Crippen molar-refractivity contribution in [2.75, 3.05) is 13.1 Å². The average molecular weight is 242 g/mol. The zero-order valence-electron chi connectivity index (χ0n) is 10.7. The van der Waals surface area contributed by atoms with Gasteiger partial charge in [-0.15, -0.1) is 0 Å². The lowest BCUT2D eigenvalue weighted by molar-refractivity contribution is -0.119. The normalized spacial score (nSPS) is 10.5. The van der Waals surface area contributed by atoms with E-state index in [0.29, 0.717) is 50.3 Å². The van der Waals surface area contributed by atoms with E-state index >= 15 is 0 Å². The van der Waals surface area contributed by atoms with E-state index < -0.39 is 0 Å². The molecule has 4 nitrogen and oxygen atoms in total. The summed E-state index contributed by atoms with van der Waals surface area (Å²) in [6, 6.07) is 0. The third kappa shape index (κ3) is 11.5. The van der Waals surface area contributed by atoms with Gasteiger partial charge in [0.05, 0.1) is 0 Å². The summed E-state index contributed by atoms with van der Waals surface area (Å²) in [5.74, 6) is 0.592. The zero-order valence-corrected chi connectivity index (χ0v) is 10.7. The molecule has 0 bridgehead atoms. The highest BCUT2D eigenvalue weighted by Crippen LogP contribution is 2.07. The number of hydrogen-bond donors (Lipinski definition) is 2. The van der Waals surface area contributed by atoms with Gasteiger partial charge in [-0.25, -0.2) is 0 Å². The van der Waals surface area contributed by atoms with Crippen LogP contribution in [0.5, 0.6) is 0 Å². The maximum atomic E-state index is 11.3. The topological polar surface area (TPSA) is 86.2 Å². The molecule has 0 aromatic heterocycles. The van der Waals surface area contributed by atoms with Crippen LogP contribution in [0.25, 0.3) is 0 Å². The summed E-state index contributed by atoms with van der Waals surface area (Å²) in [4.78, 5) is 22.6. The second-order valence-electron chi connectivity index (χ2n) is 4.42. The van der Waals surface area contributed by atoms with Crippen molar-refractivity contribution < 1.29 is 9.59 Å². The fourth-order valence-electron chi connectivity index (χ4n) is 1.67. The first-order valence-corrected chi connectivity index (χ1v) is 6.64. The van der Waals surface area contributed by atoms with Crippen LogP contribution in [-0.4, -0.2) is 24.7 Å². The van der Waals surface area contributed by atoms with Crippen molar-refractivity contribution >= 4 is 11.6 Å². The molecule has 4 heteroatoms. The molecule has 0 fully saturated rings. The summed E-state index contributed by atoms with van der Waals surface area (Å²) >= 11 is 0. The van der Waals surface area contributed by atoms with Crippen molar-refractivity contribution in [2.24, 2.45) is 11.5 Å². The molecule has 0 heterocycles. The van der Waals surface area contributed by atoms with Crippen LogP contribution < -0.4 is 11.5 Å². The third-order valence-corrected chi connectivity index (χ3v) is 2.73. The molecule has 0 aliphatic rings. The van der Waals surface area contributed by atoms with E-state index in [2.05, 4.69) is 0 Å². The van der Waals surface area contributed by atoms with Gasteiger partial charge in [0.1, 0.15) is 11.6 Å². The summed E-state index contributed by atoms with van der Waals surface area (Å²) in [5.41, 5.74) is 10.7. The monoisotopic (exact) mass is 242 g/mol. The first kappa shape index (κ1) is 16.3. The molecule has 0 aliphatic heterocycles. The van der Waals surface area contributed by atoms with Crippen LogP contribution in [-0.2, 0) is 9.59 Å². The molecule has 0 spiro atoms. The van der Waals surface area contributed by atoms with E-state index in [1.54, 1.807) is 0 Å². The maximum absolute atomic E-state index is 11.3. The van der Waals surface area contributed by atoms with Crippen LogP contribution in [0.3, 0.4) is 0 Å². The van der Waals surface area contributed by atoms with E-state index in [-0.39, 0.29) is 0 Å². The molecule has 4 N–H and O–H groups in total. The van der Waals surface area contributed by atoms with Crippen molar-refractivity contribution in [1.29, 1.82) is 0 Å². The molecule has 0 unspecified atom stereocenters. The van der Waals surface area contributed by atoms with E-state index in [1.165, 1.54) is 0 Å². The van der Waals surface area contributed by atoms with Crippen LogP contribution >= 0.6 is 0 Å². The molecule has 100 valence electrons. The molecule has 0 saturated carbocycles. The molecule has 0 radical (unpaired) electrons. The van der Waals surface area contributed by atoms with Crippen molar-refractivity contribution in [1.82, 2.24) is 0 Å². The van der Waals surface area contributed by atoms with Crippen LogP contribution in [0.15, 0.2) is 0 Å². The minimum atomic E-state index is 0.296. The standard InChI is InChI=1S/C13H26N2O2/c14-10-4-8-12(16)6-2-1-3-7-13(17)9-5-11-15/h1-11,14-15H2. The molecule has 0 saturated heterocycles. The Labute approximate surface area is 104 Å². The fourth-order valence-corrected chi connectivity index (χ4v) is 1.67. The molecule has 0 aromatic carbocycles. The van der Waals surface area contributed by atoms with Gasteiger partial charge in [-0.1, -0.05) is 6.42 Å². The quantitative estimate of drug-likeness (QED) is 0.508. The maximum Gasteiger partial charge on any atom is 0.132 e. The number of hydrogen-bond acceptors (Lipinski definition) is 4. The predicted octanol–water partition coefficient (Wildman–Crippen LogP) is 1.55. The lowest BCUT2D eigenvalue weighted by Crippen LogP contribution is -2.05. The molecule has 0 aliphatic carbocycles. The minimum absolute atomic E-state index is 0.296. The average Bonchev–Trinajstić information content (AvgIpc) is 2.33. The Morgan fingerprint density at radius 2 is 0.941 bits per heavy atom. The Bertz CT molecular complexity index is 195. The van der Waals surface area contributed by atoms with Gasteiger partial charge in [0.25, 0.3) is 0 Å². The van der Waals surface area contributed by atoms with Gasteiger partial charge in [-0.2, -0.15) is 0 Å². The predicted molar refractivity (Wildman–Crippen MR) is 69.7 cm³/mol. The smallest absolute Gasteiger partial charge is 0.132 e. The van der Waals surface area contributed by atoms with Gasteiger partial charge < -0.3 is 11.5 Å². The molecule has 17 heavy (non-hydrogen) atoms. The number of carbonyl (C=O) groups is 2. The Morgan fingerprint density at radius 1 is 0.588 bits per heavy atom. The highest BCUT2D eigenvalue weighted by molar-refractivity contribution is 5.78. The molecular formula is C13H26N2O2. The third-order valence-electron chi connectivity index (χ3n) is 2.73. The van der Waals surface area contributed by atoms with Crippen LogP contribution in [0.1, 0.15) is 57.8 Å². The van der Waals surface area contributed by atoms with Gasteiger partial charge in [-0.3, -0.25) is 9.59 Å². The van der Waals surface area contributed by atoms with Crippen LogP contribution in [0, 0.1) is 0 Å². The second kappa shape index (κ2) is 11.7. The van der Waals surface area contributed by atoms with E-state index in [1.807, 2.05) is 0 Å². The van der Waals surface area contributed by atoms with Crippen molar-refractivity contribution in [3.63, 3.8) is 0 Å². The largest absolute Gasteiger partial charge is 0.330 e. The number of rotatable bonds is 12. The summed E-state index contributed by atoms with van der Waals surface area (Å²) in [5, 5.41) is 0. The van der Waals surface area contributed by atoms with Crippen molar-refractivity contribution in [2.45, 2.75) is 57.8 Å². The molecule has 0 aromatic rings. The lowest BCUT2D eigenvalue weighted by atomic mass is 10.0. The number of unbranched alkanes of at least 4 members (excludes halogenated alkanes) is 2. The van der Waals surface area contributed by atoms with Crippen LogP contribution in [0.4, 0.5) is 0 Å². The molecule has 0 rings (SSSR count). The summed E-state index contributed by atoms with van der Waals surface area (Å²) < 4.78 is 0. The van der Waals surface area contributed by atoms with Crippen molar-refractivity contribution in [3.8, 4) is 0 Å². The SMILES string of the molecule is NCCCC(=O)CCCCCC(=O)CCCN. The summed E-state index contributed by atoms with van der Waals surface area (Å²) in [6.07, 6.45) is 6.81. The summed E-state index contributed by atoms with van der Waals surface area (Å²) in [6.45, 7) is 1.17. The van der Waals surface area contributed by atoms with Gasteiger partial charge >= 0.3 is 0 Å². The van der Waals surface area contributed by atoms with E-state index in [4.69, 9.17) is 11.5 Å². The van der Waals surface area contributed by atoms with E-state index in [9.17, 15) is 9.59 Å². The van der Waals surface area contributed by atoms with Crippen molar-refractivity contribution in [3.05, 3.63) is 0 Å². The molecular weight excluding hydrogens is 216 g/mol. The number of carbonyl (C=O) groups excluding carboxylic acids is 2. The Balaban J connectivity index is 3.28. The Hall–Kier alpha value is -0.740. The second-order valence-corrected chi connectivity index (χ2v) is 4.42. The van der Waals surface area contributed by atoms with Gasteiger partial charge in [-0.05, 0) is 38.8 Å². The highest BCUT2D eigenvalue weighted by atomic mass is 16.1. The first-order chi connectivity index (χ1) is 8.20. The Morgan fingerprint density at radius 3 is 1.29 bits per heavy atom. The summed E-state index contributed by atoms with van der Waals surface area (Å²) in [7, 11) is 0. The Kier molecular flexibility index (Phi) is 11.2. The van der Waals surface area contributed by atoms with Crippen LogP contribution in [0.2, 0.25) is 0 Å². The van der Waals surface area contributed by atoms with E-state index in [0.717, 1.165) is 32.1 Å². The highest BCUT2D eigenvalue weighted by Gasteiger charge is 2.03. The molecule has 0 amide bonds. The number of nitrogens with two attached hydrogens (primary N) is 2. The number of Topliss-reactive ketones (excluding diaryl/α,β-unsaturated/α-hetero) is 2. The van der Waals surface area contributed by atoms with Gasteiger partial charge in [0, 0.05) is 25.7 Å². The first-order valence-electron chi connectivity index (χ1n) is 6.64. The van der Waals surface area contributed by atoms with Gasteiger partial charge in [0.2, 0.25) is 0 Å². The zero-order chi connectivity index (χ0) is 12.9. The molecule has 0 atom stereocenters. The number of ketones is 2. The fraction of sp³-hybridized carbons (Fsp3) is 0.846. The van der Waals surface area contributed by atoms with Gasteiger partial charge in [0.15, 0.2) is 0 Å².